The Morgan fingerprint density at radius 3 is 2.94 bits per heavy atom. The molecule has 1 aliphatic rings. The highest BCUT2D eigenvalue weighted by Crippen LogP contribution is 2.18. The average molecular weight is 235 g/mol. The number of anilines is 1. The zero-order valence-corrected chi connectivity index (χ0v) is 9.20. The molecule has 2 heterocycles. The van der Waals surface area contributed by atoms with Gasteiger partial charge in [-0.05, 0) is 12.1 Å². The molecule has 0 bridgehead atoms. The largest absolute Gasteiger partial charge is 0.381 e. The molecule has 1 aromatic rings. The number of hydrogen-bond donors (Lipinski definition) is 1. The quantitative estimate of drug-likeness (QED) is 0.715. The van der Waals surface area contributed by atoms with E-state index in [1.807, 2.05) is 0 Å². The van der Waals surface area contributed by atoms with Crippen LogP contribution in [0.2, 0.25) is 0 Å². The van der Waals surface area contributed by atoms with Crippen LogP contribution < -0.4 is 10.6 Å². The molecular formula is C11H13N3O3. The summed E-state index contributed by atoms with van der Waals surface area (Å²) in [5, 5.41) is 0. The zero-order chi connectivity index (χ0) is 12.3. The first-order valence-electron chi connectivity index (χ1n) is 5.26. The van der Waals surface area contributed by atoms with Gasteiger partial charge in [-0.3, -0.25) is 14.6 Å². The number of amides is 2. The molecule has 0 atom stereocenters. The van der Waals surface area contributed by atoms with Gasteiger partial charge < -0.3 is 15.4 Å². The van der Waals surface area contributed by atoms with Gasteiger partial charge in [0.05, 0.1) is 13.2 Å². The molecule has 17 heavy (non-hydrogen) atoms. The Labute approximate surface area is 98.4 Å². The van der Waals surface area contributed by atoms with E-state index in [9.17, 15) is 9.59 Å². The fourth-order valence-electron chi connectivity index (χ4n) is 1.61. The van der Waals surface area contributed by atoms with Crippen LogP contribution in [0.25, 0.3) is 0 Å². The number of carbonyl (C=O) groups excluding carboxylic acids is 2. The first-order chi connectivity index (χ1) is 8.20. The zero-order valence-electron chi connectivity index (χ0n) is 9.20. The summed E-state index contributed by atoms with van der Waals surface area (Å²) < 4.78 is 5.05. The third kappa shape index (κ3) is 2.59. The van der Waals surface area contributed by atoms with Gasteiger partial charge in [0, 0.05) is 24.3 Å². The molecule has 0 aliphatic carbocycles. The predicted octanol–water partition coefficient (Wildman–Crippen LogP) is -0.210. The van der Waals surface area contributed by atoms with Gasteiger partial charge in [-0.2, -0.15) is 0 Å². The van der Waals surface area contributed by atoms with E-state index in [1.165, 1.54) is 17.2 Å². The van der Waals surface area contributed by atoms with Gasteiger partial charge in [0.15, 0.2) is 0 Å². The van der Waals surface area contributed by atoms with Crippen LogP contribution in [0, 0.1) is 5.92 Å². The Morgan fingerprint density at radius 1 is 1.65 bits per heavy atom. The van der Waals surface area contributed by atoms with Crippen LogP contribution in [-0.4, -0.2) is 37.1 Å². The van der Waals surface area contributed by atoms with Crippen molar-refractivity contribution < 1.29 is 14.3 Å². The molecule has 0 aromatic carbocycles. The minimum Gasteiger partial charge on any atom is -0.381 e. The van der Waals surface area contributed by atoms with E-state index in [1.54, 1.807) is 6.07 Å². The number of pyridine rings is 1. The molecule has 1 aliphatic heterocycles. The van der Waals surface area contributed by atoms with Gasteiger partial charge in [-0.15, -0.1) is 0 Å². The highest BCUT2D eigenvalue weighted by molar-refractivity contribution is 5.92. The fraction of sp³-hybridized carbons (Fsp3) is 0.364. The van der Waals surface area contributed by atoms with Gasteiger partial charge in [0.1, 0.15) is 5.69 Å². The third-order valence-corrected chi connectivity index (χ3v) is 2.62. The first kappa shape index (κ1) is 11.5. The lowest BCUT2D eigenvalue weighted by molar-refractivity contribution is -0.108. The topological polar surface area (TPSA) is 85.5 Å². The number of ether oxygens (including phenoxy) is 1. The van der Waals surface area contributed by atoms with Gasteiger partial charge in [0.25, 0.3) is 5.91 Å². The fourth-order valence-corrected chi connectivity index (χ4v) is 1.61. The van der Waals surface area contributed by atoms with Crippen LogP contribution in [0.3, 0.4) is 0 Å². The van der Waals surface area contributed by atoms with Crippen molar-refractivity contribution in [1.82, 2.24) is 4.98 Å². The summed E-state index contributed by atoms with van der Waals surface area (Å²) in [6.07, 6.45) is 2.20. The summed E-state index contributed by atoms with van der Waals surface area (Å²) in [4.78, 5) is 27.4. The summed E-state index contributed by atoms with van der Waals surface area (Å²) in [5.41, 5.74) is 5.91. The van der Waals surface area contributed by atoms with Crippen molar-refractivity contribution in [2.75, 3.05) is 24.7 Å². The maximum Gasteiger partial charge on any atom is 0.267 e. The summed E-state index contributed by atoms with van der Waals surface area (Å²) >= 11 is 0. The smallest absolute Gasteiger partial charge is 0.267 e. The van der Waals surface area contributed by atoms with Crippen molar-refractivity contribution in [3.05, 3.63) is 24.0 Å². The number of aromatic nitrogens is 1. The molecule has 1 aromatic heterocycles. The summed E-state index contributed by atoms with van der Waals surface area (Å²) in [6, 6.07) is 3.18. The molecule has 2 amide bonds. The minimum atomic E-state index is -0.607. The number of rotatable bonds is 5. The third-order valence-electron chi connectivity index (χ3n) is 2.62. The normalized spacial score (nSPS) is 15.1. The van der Waals surface area contributed by atoms with Crippen molar-refractivity contribution in [3.63, 3.8) is 0 Å². The summed E-state index contributed by atoms with van der Waals surface area (Å²) in [7, 11) is 0. The number of nitrogens with two attached hydrogens (primary N) is 1. The van der Waals surface area contributed by atoms with Gasteiger partial charge in [0.2, 0.25) is 6.41 Å². The van der Waals surface area contributed by atoms with E-state index in [-0.39, 0.29) is 5.69 Å². The van der Waals surface area contributed by atoms with Crippen molar-refractivity contribution in [2.24, 2.45) is 11.7 Å². The molecule has 0 unspecified atom stereocenters. The highest BCUT2D eigenvalue weighted by atomic mass is 16.5. The highest BCUT2D eigenvalue weighted by Gasteiger charge is 2.22. The van der Waals surface area contributed by atoms with Crippen molar-refractivity contribution in [1.29, 1.82) is 0 Å². The number of carbonyl (C=O) groups is 2. The monoisotopic (exact) mass is 235 g/mol. The van der Waals surface area contributed by atoms with E-state index in [0.717, 1.165) is 6.41 Å². The van der Waals surface area contributed by atoms with Crippen LogP contribution in [-0.2, 0) is 9.53 Å². The number of primary amides is 1. The van der Waals surface area contributed by atoms with E-state index >= 15 is 0 Å². The Balaban J connectivity index is 2.14. The lowest BCUT2D eigenvalue weighted by atomic mass is 10.1. The van der Waals surface area contributed by atoms with Gasteiger partial charge >= 0.3 is 0 Å². The second kappa shape index (κ2) is 4.92. The molecule has 1 fully saturated rings. The lowest BCUT2D eigenvalue weighted by Crippen LogP contribution is -2.39. The molecular weight excluding hydrogens is 222 g/mol. The molecule has 0 spiro atoms. The maximum absolute atomic E-state index is 11.0. The second-order valence-corrected chi connectivity index (χ2v) is 3.92. The first-order valence-corrected chi connectivity index (χ1v) is 5.26. The van der Waals surface area contributed by atoms with Gasteiger partial charge in [-0.25, -0.2) is 0 Å². The number of nitrogens with zero attached hydrogens (tertiary/aromatic N) is 2. The minimum absolute atomic E-state index is 0.152. The van der Waals surface area contributed by atoms with Crippen LogP contribution in [0.1, 0.15) is 10.5 Å². The van der Waals surface area contributed by atoms with Crippen LogP contribution in [0.5, 0.6) is 0 Å². The molecule has 2 N–H and O–H groups in total. The molecule has 1 saturated heterocycles. The van der Waals surface area contributed by atoms with Crippen molar-refractivity contribution >= 4 is 18.0 Å². The van der Waals surface area contributed by atoms with Crippen molar-refractivity contribution in [2.45, 2.75) is 0 Å². The van der Waals surface area contributed by atoms with E-state index in [2.05, 4.69) is 4.98 Å². The Kier molecular flexibility index (Phi) is 3.34. The Hall–Kier alpha value is -1.95. The molecule has 0 radical (unpaired) electrons. The average Bonchev–Trinajstić information content (AvgIpc) is 2.28. The molecule has 6 heteroatoms. The second-order valence-electron chi connectivity index (χ2n) is 3.92. The molecule has 6 nitrogen and oxygen atoms in total. The standard InChI is InChI=1S/C11H13N3O3/c12-11(16)10-3-9(1-2-13-10)14(7-15)4-8-5-17-6-8/h1-3,7-8H,4-6H2,(H2,12,16). The van der Waals surface area contributed by atoms with Crippen LogP contribution >= 0.6 is 0 Å². The maximum atomic E-state index is 11.0. The summed E-state index contributed by atoms with van der Waals surface area (Å²) in [6.45, 7) is 1.90. The van der Waals surface area contributed by atoms with Crippen molar-refractivity contribution in [3.8, 4) is 0 Å². The molecule has 90 valence electrons. The molecule has 2 rings (SSSR count). The summed E-state index contributed by atoms with van der Waals surface area (Å²) in [5.74, 6) is -0.255. The van der Waals surface area contributed by atoms with Crippen LogP contribution in [0.15, 0.2) is 18.3 Å². The Bertz CT molecular complexity index is 432. The lowest BCUT2D eigenvalue weighted by Gasteiger charge is -2.30. The SMILES string of the molecule is NC(=O)c1cc(N(C=O)CC2COC2)ccn1. The van der Waals surface area contributed by atoms with Gasteiger partial charge in [-0.1, -0.05) is 0 Å². The molecule has 0 saturated carbocycles. The van der Waals surface area contributed by atoms with Crippen LogP contribution in [0.4, 0.5) is 5.69 Å². The van der Waals surface area contributed by atoms with E-state index < -0.39 is 5.91 Å². The Morgan fingerprint density at radius 2 is 2.41 bits per heavy atom. The predicted molar refractivity (Wildman–Crippen MR) is 60.5 cm³/mol. The number of hydrogen-bond acceptors (Lipinski definition) is 4. The van der Waals surface area contributed by atoms with E-state index in [4.69, 9.17) is 10.5 Å². The van der Waals surface area contributed by atoms with E-state index in [0.29, 0.717) is 31.4 Å².